The predicted octanol–water partition coefficient (Wildman–Crippen LogP) is 0.250. The van der Waals surface area contributed by atoms with Gasteiger partial charge in [0.25, 0.3) is 0 Å². The molecule has 3 nitrogen and oxygen atoms in total. The maximum atomic E-state index is 10.0. The third-order valence-electron chi connectivity index (χ3n) is 0.717. The molecule has 0 atom stereocenters. The van der Waals surface area contributed by atoms with Gasteiger partial charge in [-0.3, -0.25) is 0 Å². The Balaban J connectivity index is 3.11. The molecule has 0 amide bonds. The normalized spacial score (nSPS) is 10.1. The van der Waals surface area contributed by atoms with Crippen LogP contribution in [-0.2, 0) is 10.7 Å². The molecule has 0 spiro atoms. The lowest BCUT2D eigenvalue weighted by molar-refractivity contribution is 0.558. The van der Waals surface area contributed by atoms with Gasteiger partial charge in [0, 0.05) is 0 Å². The van der Waals surface area contributed by atoms with E-state index >= 15 is 0 Å². The highest BCUT2D eigenvalue weighted by Crippen LogP contribution is 1.98. The highest BCUT2D eigenvalue weighted by atomic mass is 32.2. The highest BCUT2D eigenvalue weighted by Gasteiger charge is 1.91. The first-order chi connectivity index (χ1) is 3.80. The van der Waals surface area contributed by atoms with Crippen LogP contribution in [0.2, 0.25) is 0 Å². The Labute approximate surface area is 47.9 Å². The first kappa shape index (κ1) is 5.37. The number of hydrogen-bond acceptors (Lipinski definition) is 3. The van der Waals surface area contributed by atoms with Crippen LogP contribution < -0.4 is 0 Å². The van der Waals surface area contributed by atoms with Gasteiger partial charge in [-0.25, -0.2) is 8.42 Å². The number of furan rings is 1. The maximum Gasteiger partial charge on any atom is 0.171 e. The SMILES string of the molecule is O=[SH](=O)c1ccoc1. The zero-order chi connectivity index (χ0) is 5.98. The summed E-state index contributed by atoms with van der Waals surface area (Å²) in [5, 5.41) is 0. The van der Waals surface area contributed by atoms with Gasteiger partial charge in [-0.2, -0.15) is 0 Å². The Kier molecular flexibility index (Phi) is 1.34. The average Bonchev–Trinajstić information content (AvgIpc) is 2.12. The molecule has 0 N–H and O–H groups in total. The van der Waals surface area contributed by atoms with Gasteiger partial charge in [-0.1, -0.05) is 0 Å². The molecular formula is C4H4O3S. The fourth-order valence-corrected chi connectivity index (χ4v) is 0.691. The van der Waals surface area contributed by atoms with Crippen molar-refractivity contribution in [2.75, 3.05) is 0 Å². The Morgan fingerprint density at radius 3 is 2.50 bits per heavy atom. The third kappa shape index (κ3) is 0.894. The topological polar surface area (TPSA) is 47.3 Å². The highest BCUT2D eigenvalue weighted by molar-refractivity contribution is 7.72. The molecule has 0 aliphatic carbocycles. The second kappa shape index (κ2) is 2.00. The standard InChI is InChI=1S/C4H4O3S/c5-8(6)4-1-2-7-3-4/h1-3,8H. The van der Waals surface area contributed by atoms with Crippen LogP contribution in [0.5, 0.6) is 0 Å². The zero-order valence-corrected chi connectivity index (χ0v) is 4.80. The van der Waals surface area contributed by atoms with Crippen LogP contribution in [-0.4, -0.2) is 8.42 Å². The van der Waals surface area contributed by atoms with E-state index < -0.39 is 10.7 Å². The Hall–Kier alpha value is -0.770. The van der Waals surface area contributed by atoms with E-state index in [0.717, 1.165) is 0 Å². The molecule has 0 unspecified atom stereocenters. The zero-order valence-electron chi connectivity index (χ0n) is 3.90. The minimum atomic E-state index is -2.45. The average molecular weight is 132 g/mol. The largest absolute Gasteiger partial charge is 0.471 e. The second-order valence-corrected chi connectivity index (χ2v) is 2.27. The van der Waals surface area contributed by atoms with Gasteiger partial charge in [-0.15, -0.1) is 0 Å². The van der Waals surface area contributed by atoms with Gasteiger partial charge in [0.05, 0.1) is 6.26 Å². The Morgan fingerprint density at radius 1 is 1.50 bits per heavy atom. The molecule has 0 saturated heterocycles. The quantitative estimate of drug-likeness (QED) is 0.557. The van der Waals surface area contributed by atoms with E-state index in [-0.39, 0.29) is 4.90 Å². The maximum absolute atomic E-state index is 10.0. The fraction of sp³-hybridized carbons (Fsp3) is 0. The van der Waals surface area contributed by atoms with Crippen molar-refractivity contribution in [1.82, 2.24) is 0 Å². The lowest BCUT2D eigenvalue weighted by atomic mass is 10.7. The molecule has 0 aromatic carbocycles. The van der Waals surface area contributed by atoms with Crippen LogP contribution in [0.15, 0.2) is 27.9 Å². The van der Waals surface area contributed by atoms with Crippen molar-refractivity contribution in [3.63, 3.8) is 0 Å². The molecule has 0 saturated carbocycles. The number of rotatable bonds is 1. The van der Waals surface area contributed by atoms with Crippen molar-refractivity contribution < 1.29 is 12.8 Å². The van der Waals surface area contributed by atoms with E-state index in [0.29, 0.717) is 0 Å². The lowest BCUT2D eigenvalue weighted by Crippen LogP contribution is -1.69. The summed E-state index contributed by atoms with van der Waals surface area (Å²) in [6.07, 6.45) is 2.51. The first-order valence-electron chi connectivity index (χ1n) is 1.97. The van der Waals surface area contributed by atoms with E-state index in [1.165, 1.54) is 18.6 Å². The molecule has 8 heavy (non-hydrogen) atoms. The van der Waals surface area contributed by atoms with E-state index in [9.17, 15) is 8.42 Å². The van der Waals surface area contributed by atoms with Crippen molar-refractivity contribution in [3.05, 3.63) is 18.6 Å². The summed E-state index contributed by atoms with van der Waals surface area (Å²) in [7, 11) is -2.45. The van der Waals surface area contributed by atoms with Gasteiger partial charge in [0.2, 0.25) is 0 Å². The van der Waals surface area contributed by atoms with E-state index in [2.05, 4.69) is 4.42 Å². The van der Waals surface area contributed by atoms with Gasteiger partial charge >= 0.3 is 0 Å². The van der Waals surface area contributed by atoms with E-state index in [1.807, 2.05) is 0 Å². The van der Waals surface area contributed by atoms with Crippen molar-refractivity contribution >= 4 is 10.7 Å². The summed E-state index contributed by atoms with van der Waals surface area (Å²) >= 11 is 0. The summed E-state index contributed by atoms with van der Waals surface area (Å²) in [4.78, 5) is 0.222. The molecule has 0 aliphatic heterocycles. The van der Waals surface area contributed by atoms with Gasteiger partial charge in [0.1, 0.15) is 11.2 Å². The summed E-state index contributed by atoms with van der Waals surface area (Å²) in [6.45, 7) is 0. The Bertz CT molecular complexity index is 213. The van der Waals surface area contributed by atoms with Crippen LogP contribution in [0.3, 0.4) is 0 Å². The smallest absolute Gasteiger partial charge is 0.171 e. The molecule has 0 bridgehead atoms. The molecule has 1 heterocycles. The van der Waals surface area contributed by atoms with Crippen LogP contribution in [0.25, 0.3) is 0 Å². The van der Waals surface area contributed by atoms with Crippen molar-refractivity contribution in [1.29, 1.82) is 0 Å². The molecule has 0 fully saturated rings. The molecule has 4 heteroatoms. The Morgan fingerprint density at radius 2 is 2.25 bits per heavy atom. The predicted molar refractivity (Wildman–Crippen MR) is 27.3 cm³/mol. The second-order valence-electron chi connectivity index (χ2n) is 1.24. The summed E-state index contributed by atoms with van der Waals surface area (Å²) in [5.41, 5.74) is 0. The summed E-state index contributed by atoms with van der Waals surface area (Å²) in [6, 6.07) is 1.39. The summed E-state index contributed by atoms with van der Waals surface area (Å²) in [5.74, 6) is 0. The fourth-order valence-electron chi connectivity index (χ4n) is 0.361. The monoisotopic (exact) mass is 132 g/mol. The van der Waals surface area contributed by atoms with Crippen LogP contribution in [0, 0.1) is 0 Å². The molecule has 0 radical (unpaired) electrons. The number of thiol groups is 1. The van der Waals surface area contributed by atoms with Crippen LogP contribution >= 0.6 is 0 Å². The van der Waals surface area contributed by atoms with E-state index in [1.54, 1.807) is 0 Å². The summed E-state index contributed by atoms with van der Waals surface area (Å²) < 4.78 is 24.6. The van der Waals surface area contributed by atoms with Gasteiger partial charge < -0.3 is 4.42 Å². The molecule has 44 valence electrons. The van der Waals surface area contributed by atoms with Crippen molar-refractivity contribution in [2.24, 2.45) is 0 Å². The van der Waals surface area contributed by atoms with E-state index in [4.69, 9.17) is 0 Å². The first-order valence-corrected chi connectivity index (χ1v) is 3.15. The van der Waals surface area contributed by atoms with Gasteiger partial charge in [0.15, 0.2) is 10.7 Å². The molecule has 1 rings (SSSR count). The minimum absolute atomic E-state index is 0.222. The lowest BCUT2D eigenvalue weighted by Gasteiger charge is -1.68. The molecule has 1 aromatic heterocycles. The van der Waals surface area contributed by atoms with Gasteiger partial charge in [-0.05, 0) is 6.07 Å². The third-order valence-corrected chi connectivity index (χ3v) is 1.39. The molecule has 1 aromatic rings. The van der Waals surface area contributed by atoms with Crippen molar-refractivity contribution in [3.8, 4) is 0 Å². The minimum Gasteiger partial charge on any atom is -0.471 e. The molecular weight excluding hydrogens is 128 g/mol. The van der Waals surface area contributed by atoms with Crippen LogP contribution in [0.1, 0.15) is 0 Å². The molecule has 0 aliphatic rings. The van der Waals surface area contributed by atoms with Crippen LogP contribution in [0.4, 0.5) is 0 Å². The number of hydrogen-bond donors (Lipinski definition) is 1. The van der Waals surface area contributed by atoms with Crippen molar-refractivity contribution in [2.45, 2.75) is 4.90 Å².